The number of benzene rings is 1. The van der Waals surface area contributed by atoms with Crippen LogP contribution in [-0.4, -0.2) is 34.4 Å². The molecule has 1 atom stereocenters. The van der Waals surface area contributed by atoms with E-state index in [1.807, 2.05) is 12.1 Å². The van der Waals surface area contributed by atoms with Gasteiger partial charge in [0.1, 0.15) is 5.75 Å². The highest BCUT2D eigenvalue weighted by atomic mass is 16.3. The fourth-order valence-electron chi connectivity index (χ4n) is 2.68. The highest BCUT2D eigenvalue weighted by Crippen LogP contribution is 2.25. The van der Waals surface area contributed by atoms with Crippen molar-refractivity contribution >= 4 is 18.0 Å². The van der Waals surface area contributed by atoms with Crippen molar-refractivity contribution in [2.24, 2.45) is 20.8 Å². The SMILES string of the molecule is NC1=N[N+]2(NCCc3ccc(O)cc3)C=NC(c3ccco3)=NC2=C1. The van der Waals surface area contributed by atoms with Gasteiger partial charge in [0.2, 0.25) is 12.2 Å². The molecule has 25 heavy (non-hydrogen) atoms. The number of quaternary nitrogens is 1. The molecule has 1 unspecified atom stereocenters. The van der Waals surface area contributed by atoms with E-state index in [1.54, 1.807) is 42.9 Å². The number of hydrogen-bond donors (Lipinski definition) is 3. The van der Waals surface area contributed by atoms with Crippen LogP contribution in [0.25, 0.3) is 0 Å². The zero-order valence-electron chi connectivity index (χ0n) is 13.3. The number of amidine groups is 2. The van der Waals surface area contributed by atoms with Gasteiger partial charge < -0.3 is 15.3 Å². The fraction of sp³-hybridized carbons (Fsp3) is 0.118. The molecule has 1 aromatic heterocycles. The first-order chi connectivity index (χ1) is 12.1. The van der Waals surface area contributed by atoms with E-state index in [9.17, 15) is 5.11 Å². The van der Waals surface area contributed by atoms with Crippen molar-refractivity contribution in [3.8, 4) is 5.75 Å². The molecule has 0 saturated heterocycles. The third kappa shape index (κ3) is 2.95. The molecule has 126 valence electrons. The van der Waals surface area contributed by atoms with Gasteiger partial charge in [-0.3, -0.25) is 0 Å². The van der Waals surface area contributed by atoms with Crippen molar-refractivity contribution in [1.82, 2.24) is 5.43 Å². The third-order valence-corrected chi connectivity index (χ3v) is 3.91. The molecule has 8 heteroatoms. The van der Waals surface area contributed by atoms with Gasteiger partial charge in [0.25, 0.3) is 5.82 Å². The molecule has 0 fully saturated rings. The van der Waals surface area contributed by atoms with E-state index in [-0.39, 0.29) is 10.5 Å². The van der Waals surface area contributed by atoms with Gasteiger partial charge in [-0.05, 0) is 46.1 Å². The van der Waals surface area contributed by atoms with Gasteiger partial charge in [0, 0.05) is 0 Å². The first kappa shape index (κ1) is 15.3. The van der Waals surface area contributed by atoms with Crippen LogP contribution >= 0.6 is 0 Å². The number of aromatic hydroxyl groups is 1. The minimum absolute atomic E-state index is 0.0753. The maximum absolute atomic E-state index is 9.34. The van der Waals surface area contributed by atoms with E-state index in [4.69, 9.17) is 10.2 Å². The Kier molecular flexibility index (Phi) is 3.68. The zero-order valence-corrected chi connectivity index (χ0v) is 13.3. The summed E-state index contributed by atoms with van der Waals surface area (Å²) in [7, 11) is 0. The van der Waals surface area contributed by atoms with Gasteiger partial charge in [0.15, 0.2) is 11.6 Å². The molecule has 2 aliphatic rings. The smallest absolute Gasteiger partial charge is 0.286 e. The molecule has 2 aliphatic heterocycles. The highest BCUT2D eigenvalue weighted by Gasteiger charge is 2.41. The van der Waals surface area contributed by atoms with Gasteiger partial charge >= 0.3 is 0 Å². The largest absolute Gasteiger partial charge is 0.508 e. The first-order valence-corrected chi connectivity index (χ1v) is 7.82. The molecular formula is C17H17N6O2+. The van der Waals surface area contributed by atoms with Crippen LogP contribution in [0.5, 0.6) is 5.75 Å². The average molecular weight is 337 g/mol. The molecular weight excluding hydrogens is 320 g/mol. The Morgan fingerprint density at radius 3 is 2.80 bits per heavy atom. The molecule has 0 saturated carbocycles. The van der Waals surface area contributed by atoms with Crippen molar-refractivity contribution in [3.05, 3.63) is 65.9 Å². The van der Waals surface area contributed by atoms with E-state index in [0.29, 0.717) is 29.8 Å². The minimum atomic E-state index is -0.0753. The van der Waals surface area contributed by atoms with Crippen molar-refractivity contribution in [3.63, 3.8) is 0 Å². The zero-order chi connectivity index (χ0) is 17.3. The van der Waals surface area contributed by atoms with Crippen molar-refractivity contribution < 1.29 is 14.2 Å². The minimum Gasteiger partial charge on any atom is -0.508 e. The molecule has 1 aromatic carbocycles. The Balaban J connectivity index is 1.50. The van der Waals surface area contributed by atoms with E-state index < -0.39 is 0 Å². The topological polar surface area (TPSA) is 108 Å². The summed E-state index contributed by atoms with van der Waals surface area (Å²) in [6.07, 6.45) is 5.69. The van der Waals surface area contributed by atoms with Crippen molar-refractivity contribution in [2.45, 2.75) is 6.42 Å². The van der Waals surface area contributed by atoms with Crippen LogP contribution in [0.2, 0.25) is 0 Å². The summed E-state index contributed by atoms with van der Waals surface area (Å²) in [6.45, 7) is 0.622. The Bertz CT molecular complexity index is 896. The number of hydrogen-bond acceptors (Lipinski definition) is 7. The third-order valence-electron chi connectivity index (χ3n) is 3.91. The van der Waals surface area contributed by atoms with Gasteiger partial charge in [-0.15, -0.1) is 5.43 Å². The Hall–Kier alpha value is -3.23. The lowest BCUT2D eigenvalue weighted by Gasteiger charge is -2.25. The van der Waals surface area contributed by atoms with Crippen molar-refractivity contribution in [2.75, 3.05) is 6.54 Å². The number of nitrogens with two attached hydrogens (primary N) is 1. The van der Waals surface area contributed by atoms with Gasteiger partial charge in [0.05, 0.1) is 18.9 Å². The molecule has 2 aromatic rings. The molecule has 4 N–H and O–H groups in total. The molecule has 8 nitrogen and oxygen atoms in total. The number of nitrogens with one attached hydrogen (secondary N) is 1. The summed E-state index contributed by atoms with van der Waals surface area (Å²) < 4.78 is 5.27. The summed E-state index contributed by atoms with van der Waals surface area (Å²) in [5.74, 6) is 2.33. The normalized spacial score (nSPS) is 21.5. The predicted octanol–water partition coefficient (Wildman–Crippen LogP) is 1.46. The van der Waals surface area contributed by atoms with Crippen LogP contribution in [0, 0.1) is 0 Å². The first-order valence-electron chi connectivity index (χ1n) is 7.82. The predicted molar refractivity (Wildman–Crippen MR) is 93.5 cm³/mol. The van der Waals surface area contributed by atoms with Gasteiger partial charge in [-0.1, -0.05) is 12.1 Å². The van der Waals surface area contributed by atoms with Crippen LogP contribution in [-0.2, 0) is 6.42 Å². The molecule has 0 aliphatic carbocycles. The van der Waals surface area contributed by atoms with Crippen LogP contribution in [0.4, 0.5) is 0 Å². The molecule has 4 rings (SSSR count). The number of rotatable bonds is 5. The maximum atomic E-state index is 9.34. The number of furan rings is 1. The molecule has 0 spiro atoms. The van der Waals surface area contributed by atoms with Crippen LogP contribution in [0.1, 0.15) is 11.3 Å². The average Bonchev–Trinajstić information content (AvgIpc) is 3.23. The van der Waals surface area contributed by atoms with Crippen LogP contribution in [0.3, 0.4) is 0 Å². The van der Waals surface area contributed by atoms with E-state index in [2.05, 4.69) is 20.5 Å². The highest BCUT2D eigenvalue weighted by molar-refractivity contribution is 6.03. The van der Waals surface area contributed by atoms with Gasteiger partial charge in [-0.25, -0.2) is 0 Å². The monoisotopic (exact) mass is 337 g/mol. The lowest BCUT2D eigenvalue weighted by Crippen LogP contribution is -2.52. The number of nitrogens with zero attached hydrogens (tertiary/aromatic N) is 4. The summed E-state index contributed by atoms with van der Waals surface area (Å²) in [5, 5.41) is 13.7. The summed E-state index contributed by atoms with van der Waals surface area (Å²) in [5.41, 5.74) is 10.3. The second-order valence-corrected chi connectivity index (χ2v) is 5.69. The summed E-state index contributed by atoms with van der Waals surface area (Å²) >= 11 is 0. The van der Waals surface area contributed by atoms with E-state index in [0.717, 1.165) is 12.0 Å². The Labute approximate surface area is 143 Å². The van der Waals surface area contributed by atoms with E-state index >= 15 is 0 Å². The van der Waals surface area contributed by atoms with Gasteiger partial charge in [-0.2, -0.15) is 9.98 Å². The quantitative estimate of drug-likeness (QED) is 0.718. The van der Waals surface area contributed by atoms with Crippen molar-refractivity contribution in [1.29, 1.82) is 0 Å². The second-order valence-electron chi connectivity index (χ2n) is 5.69. The number of phenolic OH excluding ortho intramolecular Hbond substituents is 1. The molecule has 3 heterocycles. The maximum Gasteiger partial charge on any atom is 0.286 e. The van der Waals surface area contributed by atoms with Crippen LogP contribution in [0.15, 0.2) is 74.1 Å². The molecule has 0 radical (unpaired) electrons. The van der Waals surface area contributed by atoms with E-state index in [1.165, 1.54) is 0 Å². The number of aliphatic imine (C=N–C) groups is 2. The summed E-state index contributed by atoms with van der Waals surface area (Å²) in [4.78, 5) is 8.88. The molecule has 0 bridgehead atoms. The standard InChI is InChI=1S/C17H16N6O2/c18-15-10-16-21-17(14-2-1-9-25-14)19-11-23(16,22-15)20-8-7-12-3-5-13(24)6-4-12/h1-6,9-11,20H,7-8H2,(H2-,18,22,24)/p+1. The Morgan fingerprint density at radius 1 is 1.20 bits per heavy atom. The second kappa shape index (κ2) is 6.00. The fourth-order valence-corrected chi connectivity index (χ4v) is 2.68. The number of fused-ring (bicyclic) bond motifs is 1. The Morgan fingerprint density at radius 2 is 2.04 bits per heavy atom. The number of phenols is 1. The lowest BCUT2D eigenvalue weighted by atomic mass is 10.1. The van der Waals surface area contributed by atoms with Crippen LogP contribution < -0.4 is 11.2 Å². The lowest BCUT2D eigenvalue weighted by molar-refractivity contribution is -0.849. The molecule has 0 amide bonds. The summed E-state index contributed by atoms with van der Waals surface area (Å²) in [6, 6.07) is 10.7.